The molecule has 0 aromatic rings. The van der Waals surface area contributed by atoms with Gasteiger partial charge in [-0.05, 0) is 39.5 Å². The number of aliphatic hydroxyl groups excluding tert-OH is 1. The minimum absolute atomic E-state index is 0.318. The number of aliphatic hydroxyl groups is 1. The van der Waals surface area contributed by atoms with Gasteiger partial charge in [0.15, 0.2) is 0 Å². The second-order valence-corrected chi connectivity index (χ2v) is 5.45. The maximum absolute atomic E-state index is 11.3. The highest BCUT2D eigenvalue weighted by atomic mass is 31.2. The summed E-state index contributed by atoms with van der Waals surface area (Å²) in [5, 5.41) is 9.24. The summed E-state index contributed by atoms with van der Waals surface area (Å²) in [4.78, 5) is 11.3. The summed E-state index contributed by atoms with van der Waals surface area (Å²) in [6, 6.07) is 0. The lowest BCUT2D eigenvalue weighted by molar-refractivity contribution is -0.233. The Morgan fingerprint density at radius 1 is 1.33 bits per heavy atom. The van der Waals surface area contributed by atoms with Crippen molar-refractivity contribution in [3.8, 4) is 0 Å². The second kappa shape index (κ2) is 5.41. The summed E-state index contributed by atoms with van der Waals surface area (Å²) in [6.07, 6.45) is 1.25. The molecule has 90 valence electrons. The van der Waals surface area contributed by atoms with E-state index in [4.69, 9.17) is 4.52 Å². The van der Waals surface area contributed by atoms with Gasteiger partial charge in [0.2, 0.25) is 0 Å². The van der Waals surface area contributed by atoms with Crippen LogP contribution < -0.4 is 4.89 Å². The van der Waals surface area contributed by atoms with Crippen molar-refractivity contribution >= 4 is 7.82 Å². The van der Waals surface area contributed by atoms with E-state index >= 15 is 0 Å². The van der Waals surface area contributed by atoms with Gasteiger partial charge in [0, 0.05) is 0 Å². The van der Waals surface area contributed by atoms with Gasteiger partial charge in [-0.2, -0.15) is 0 Å². The topological polar surface area (TPSA) is 78.8 Å². The van der Waals surface area contributed by atoms with E-state index in [9.17, 15) is 14.6 Å². The first kappa shape index (κ1) is 13.1. The molecule has 1 aliphatic carbocycles. The first-order valence-corrected chi connectivity index (χ1v) is 6.71. The Kier molecular flexibility index (Phi) is 4.74. The van der Waals surface area contributed by atoms with Crippen molar-refractivity contribution < 1.29 is 23.6 Å². The van der Waals surface area contributed by atoms with Gasteiger partial charge in [0.1, 0.15) is 0 Å². The number of phosphoric acid groups is 1. The van der Waals surface area contributed by atoms with E-state index in [0.717, 1.165) is 0 Å². The normalized spacial score (nSPS) is 31.5. The maximum Gasteiger partial charge on any atom is 0.268 e. The average Bonchev–Trinajstić information content (AvgIpc) is 2.06. The van der Waals surface area contributed by atoms with Crippen molar-refractivity contribution in [3.05, 3.63) is 0 Å². The Bertz CT molecular complexity index is 235. The fourth-order valence-corrected chi connectivity index (χ4v) is 2.76. The first-order valence-electron chi connectivity index (χ1n) is 5.25. The minimum atomic E-state index is -4.17. The molecular weight excluding hydrogens is 219 g/mol. The Morgan fingerprint density at radius 3 is 2.33 bits per heavy atom. The van der Waals surface area contributed by atoms with Gasteiger partial charge in [-0.1, -0.05) is 0 Å². The molecule has 0 spiro atoms. The zero-order valence-electron chi connectivity index (χ0n) is 9.09. The molecule has 0 saturated heterocycles. The van der Waals surface area contributed by atoms with Crippen LogP contribution >= 0.6 is 7.82 Å². The van der Waals surface area contributed by atoms with E-state index in [-0.39, 0.29) is 12.2 Å². The Labute approximate surface area is 90.0 Å². The first-order chi connectivity index (χ1) is 6.89. The maximum atomic E-state index is 11.3. The molecule has 0 bridgehead atoms. The quantitative estimate of drug-likeness (QED) is 0.743. The number of hydrogen-bond acceptors (Lipinski definition) is 5. The molecule has 5 nitrogen and oxygen atoms in total. The van der Waals surface area contributed by atoms with Crippen LogP contribution in [-0.2, 0) is 13.6 Å². The van der Waals surface area contributed by atoms with Crippen molar-refractivity contribution in [1.29, 1.82) is 0 Å². The molecule has 0 heterocycles. The molecule has 0 aliphatic heterocycles. The molecular formula is C9H18O5P-. The van der Waals surface area contributed by atoms with Crippen molar-refractivity contribution in [3.63, 3.8) is 0 Å². The summed E-state index contributed by atoms with van der Waals surface area (Å²) in [7, 11) is -4.17. The second-order valence-electron chi connectivity index (χ2n) is 4.14. The van der Waals surface area contributed by atoms with E-state index in [1.54, 1.807) is 13.8 Å². The lowest BCUT2D eigenvalue weighted by Crippen LogP contribution is -2.26. The van der Waals surface area contributed by atoms with Crippen LogP contribution in [0.5, 0.6) is 0 Å². The van der Waals surface area contributed by atoms with Gasteiger partial charge in [0.25, 0.3) is 7.82 Å². The Morgan fingerprint density at radius 2 is 1.87 bits per heavy atom. The van der Waals surface area contributed by atoms with Crippen LogP contribution in [0.4, 0.5) is 0 Å². The molecule has 1 rings (SSSR count). The van der Waals surface area contributed by atoms with Crippen LogP contribution in [0.3, 0.4) is 0 Å². The molecule has 1 fully saturated rings. The molecule has 15 heavy (non-hydrogen) atoms. The van der Waals surface area contributed by atoms with E-state index in [0.29, 0.717) is 25.7 Å². The molecule has 1 aliphatic rings. The van der Waals surface area contributed by atoms with Crippen molar-refractivity contribution in [2.24, 2.45) is 0 Å². The summed E-state index contributed by atoms with van der Waals surface area (Å²) in [5.41, 5.74) is 0. The fourth-order valence-electron chi connectivity index (χ4n) is 1.62. The summed E-state index contributed by atoms with van der Waals surface area (Å²) < 4.78 is 20.9. The van der Waals surface area contributed by atoms with Crippen molar-refractivity contribution in [2.75, 3.05) is 0 Å². The SMILES string of the molecule is CC(C)OP(=O)([O-])OC1CCC(O)CC1. The van der Waals surface area contributed by atoms with E-state index < -0.39 is 13.9 Å². The van der Waals surface area contributed by atoms with Gasteiger partial charge in [-0.25, -0.2) is 0 Å². The van der Waals surface area contributed by atoms with Crippen LogP contribution in [0.2, 0.25) is 0 Å². The zero-order chi connectivity index (χ0) is 11.5. The molecule has 6 heteroatoms. The molecule has 0 radical (unpaired) electrons. The minimum Gasteiger partial charge on any atom is -0.756 e. The summed E-state index contributed by atoms with van der Waals surface area (Å²) >= 11 is 0. The van der Waals surface area contributed by atoms with Crippen LogP contribution in [0.25, 0.3) is 0 Å². The number of rotatable bonds is 4. The number of hydrogen-bond donors (Lipinski definition) is 1. The van der Waals surface area contributed by atoms with Crippen molar-refractivity contribution in [2.45, 2.75) is 57.8 Å². The average molecular weight is 237 g/mol. The van der Waals surface area contributed by atoms with E-state index in [1.807, 2.05) is 0 Å². The number of phosphoric ester groups is 1. The molecule has 0 aromatic carbocycles. The van der Waals surface area contributed by atoms with Crippen LogP contribution in [0, 0.1) is 0 Å². The molecule has 1 atom stereocenters. The Hall–Kier alpha value is 0.0700. The lowest BCUT2D eigenvalue weighted by Gasteiger charge is -2.32. The fraction of sp³-hybridized carbons (Fsp3) is 1.00. The predicted octanol–water partition coefficient (Wildman–Crippen LogP) is 1.20. The molecule has 1 unspecified atom stereocenters. The third-order valence-electron chi connectivity index (χ3n) is 2.26. The largest absolute Gasteiger partial charge is 0.756 e. The summed E-state index contributed by atoms with van der Waals surface area (Å²) in [5.74, 6) is 0. The van der Waals surface area contributed by atoms with Gasteiger partial charge < -0.3 is 19.0 Å². The van der Waals surface area contributed by atoms with Crippen LogP contribution in [0.1, 0.15) is 39.5 Å². The van der Waals surface area contributed by atoms with Crippen LogP contribution in [-0.4, -0.2) is 23.4 Å². The lowest BCUT2D eigenvalue weighted by atomic mass is 9.95. The van der Waals surface area contributed by atoms with Gasteiger partial charge in [-0.3, -0.25) is 4.57 Å². The highest BCUT2D eigenvalue weighted by molar-refractivity contribution is 7.45. The zero-order valence-corrected chi connectivity index (χ0v) is 9.98. The van der Waals surface area contributed by atoms with Gasteiger partial charge in [-0.15, -0.1) is 0 Å². The molecule has 1 saturated carbocycles. The van der Waals surface area contributed by atoms with Crippen molar-refractivity contribution in [1.82, 2.24) is 0 Å². The predicted molar refractivity (Wildman–Crippen MR) is 53.2 cm³/mol. The third kappa shape index (κ3) is 5.09. The molecule has 0 aromatic heterocycles. The molecule has 0 amide bonds. The highest BCUT2D eigenvalue weighted by Crippen LogP contribution is 2.43. The Balaban J connectivity index is 2.37. The highest BCUT2D eigenvalue weighted by Gasteiger charge is 2.24. The summed E-state index contributed by atoms with van der Waals surface area (Å²) in [6.45, 7) is 3.27. The molecule has 1 N–H and O–H groups in total. The third-order valence-corrected chi connectivity index (χ3v) is 3.50. The van der Waals surface area contributed by atoms with Crippen LogP contribution in [0.15, 0.2) is 0 Å². The van der Waals surface area contributed by atoms with E-state index in [1.165, 1.54) is 0 Å². The standard InChI is InChI=1S/C9H19O5P/c1-7(2)13-15(11,12)14-9-5-3-8(10)4-6-9/h7-10H,3-6H2,1-2H3,(H,11,12)/p-1. The monoisotopic (exact) mass is 237 g/mol. The van der Waals surface area contributed by atoms with E-state index in [2.05, 4.69) is 4.52 Å². The van der Waals surface area contributed by atoms with Gasteiger partial charge in [0.05, 0.1) is 18.3 Å². The van der Waals surface area contributed by atoms with Gasteiger partial charge >= 0.3 is 0 Å². The smallest absolute Gasteiger partial charge is 0.268 e.